The highest BCUT2D eigenvalue weighted by atomic mass is 32.2. The Labute approximate surface area is 152 Å². The van der Waals surface area contributed by atoms with Gasteiger partial charge in [0.15, 0.2) is 0 Å². The van der Waals surface area contributed by atoms with Crippen molar-refractivity contribution in [2.45, 2.75) is 6.67 Å². The monoisotopic (exact) mass is 378 g/mol. The van der Waals surface area contributed by atoms with E-state index < -0.39 is 10.0 Å². The second kappa shape index (κ2) is 7.56. The van der Waals surface area contributed by atoms with Gasteiger partial charge in [-0.15, -0.1) is 0 Å². The Morgan fingerprint density at radius 3 is 2.27 bits per heavy atom. The van der Waals surface area contributed by atoms with Crippen LogP contribution in [0, 0.1) is 0 Å². The van der Waals surface area contributed by atoms with Crippen molar-refractivity contribution in [3.8, 4) is 17.0 Å². The van der Waals surface area contributed by atoms with Crippen LogP contribution in [0.3, 0.4) is 0 Å². The summed E-state index contributed by atoms with van der Waals surface area (Å²) in [6, 6.07) is 10.7. The van der Waals surface area contributed by atoms with E-state index in [0.29, 0.717) is 38.5 Å². The summed E-state index contributed by atoms with van der Waals surface area (Å²) in [6.45, 7) is 2.31. The topological polar surface area (TPSA) is 84.7 Å². The van der Waals surface area contributed by atoms with Gasteiger partial charge in [-0.1, -0.05) is 0 Å². The van der Waals surface area contributed by atoms with Crippen LogP contribution in [0.15, 0.2) is 41.2 Å². The molecular weight excluding hydrogens is 356 g/mol. The maximum Gasteiger partial charge on any atom is 0.268 e. The molecule has 26 heavy (non-hydrogen) atoms. The van der Waals surface area contributed by atoms with Gasteiger partial charge in [0, 0.05) is 37.8 Å². The number of benzene rings is 1. The number of hydrogen-bond acceptors (Lipinski definition) is 6. The van der Waals surface area contributed by atoms with Crippen molar-refractivity contribution in [2.75, 3.05) is 39.5 Å². The summed E-state index contributed by atoms with van der Waals surface area (Å²) in [7, 11) is -1.56. The first-order valence-corrected chi connectivity index (χ1v) is 10.1. The van der Waals surface area contributed by atoms with Crippen LogP contribution >= 0.6 is 0 Å². The van der Waals surface area contributed by atoms with Crippen LogP contribution in [0.2, 0.25) is 0 Å². The molecule has 0 aliphatic carbocycles. The number of methoxy groups -OCH3 is 1. The Kier molecular flexibility index (Phi) is 5.40. The van der Waals surface area contributed by atoms with Gasteiger partial charge in [-0.25, -0.2) is 13.1 Å². The number of ether oxygens (including phenoxy) is 1. The van der Waals surface area contributed by atoms with Crippen LogP contribution in [0.4, 0.5) is 0 Å². The van der Waals surface area contributed by atoms with Crippen molar-refractivity contribution < 1.29 is 13.2 Å². The van der Waals surface area contributed by atoms with Gasteiger partial charge in [0.2, 0.25) is 10.0 Å². The molecule has 140 valence electrons. The van der Waals surface area contributed by atoms with Gasteiger partial charge in [-0.05, 0) is 30.3 Å². The van der Waals surface area contributed by atoms with E-state index in [2.05, 4.69) is 5.10 Å². The minimum absolute atomic E-state index is 0.187. The van der Waals surface area contributed by atoms with E-state index in [0.717, 1.165) is 11.3 Å². The van der Waals surface area contributed by atoms with E-state index in [4.69, 9.17) is 4.74 Å². The molecule has 1 aromatic heterocycles. The summed E-state index contributed by atoms with van der Waals surface area (Å²) in [5.74, 6) is 0.755. The largest absolute Gasteiger partial charge is 0.497 e. The molecule has 8 nitrogen and oxygen atoms in total. The number of hydrogen-bond donors (Lipinski definition) is 0. The molecule has 1 saturated heterocycles. The quantitative estimate of drug-likeness (QED) is 0.751. The van der Waals surface area contributed by atoms with Gasteiger partial charge in [0.25, 0.3) is 5.56 Å². The summed E-state index contributed by atoms with van der Waals surface area (Å²) in [5, 5.41) is 4.45. The summed E-state index contributed by atoms with van der Waals surface area (Å²) in [4.78, 5) is 14.2. The predicted octanol–water partition coefficient (Wildman–Crippen LogP) is 0.454. The van der Waals surface area contributed by atoms with Gasteiger partial charge < -0.3 is 4.74 Å². The van der Waals surface area contributed by atoms with E-state index in [1.165, 1.54) is 21.3 Å². The molecule has 1 aromatic carbocycles. The van der Waals surface area contributed by atoms with Gasteiger partial charge in [0.05, 0.1) is 25.7 Å². The molecule has 2 aromatic rings. The molecule has 0 saturated carbocycles. The fourth-order valence-corrected chi connectivity index (χ4v) is 3.68. The molecule has 1 aliphatic heterocycles. The lowest BCUT2D eigenvalue weighted by atomic mass is 10.1. The SMILES string of the molecule is COc1ccc(-c2ccc(=O)n(CN3CCN(S(C)(=O)=O)CC3)n2)cc1. The van der Waals surface area contributed by atoms with E-state index in [9.17, 15) is 13.2 Å². The number of piperazine rings is 1. The Hall–Kier alpha value is -2.23. The van der Waals surface area contributed by atoms with Crippen LogP contribution in [0.1, 0.15) is 0 Å². The van der Waals surface area contributed by atoms with Gasteiger partial charge in [-0.2, -0.15) is 9.40 Å². The molecule has 1 fully saturated rings. The third-order valence-electron chi connectivity index (χ3n) is 4.39. The zero-order valence-electron chi connectivity index (χ0n) is 14.8. The smallest absolute Gasteiger partial charge is 0.268 e. The number of nitrogens with zero attached hydrogens (tertiary/aromatic N) is 4. The third kappa shape index (κ3) is 4.29. The Morgan fingerprint density at radius 2 is 1.69 bits per heavy atom. The predicted molar refractivity (Wildman–Crippen MR) is 98.5 cm³/mol. The fourth-order valence-electron chi connectivity index (χ4n) is 2.86. The molecule has 1 aliphatic rings. The van der Waals surface area contributed by atoms with Gasteiger partial charge in [0.1, 0.15) is 5.75 Å². The average Bonchev–Trinajstić information content (AvgIpc) is 2.63. The lowest BCUT2D eigenvalue weighted by Gasteiger charge is -2.33. The van der Waals surface area contributed by atoms with Crippen LogP contribution in [0.25, 0.3) is 11.3 Å². The van der Waals surface area contributed by atoms with Crippen LogP contribution in [-0.2, 0) is 16.7 Å². The number of aromatic nitrogens is 2. The first-order chi connectivity index (χ1) is 12.4. The molecule has 0 spiro atoms. The highest BCUT2D eigenvalue weighted by molar-refractivity contribution is 7.88. The first-order valence-electron chi connectivity index (χ1n) is 8.27. The Balaban J connectivity index is 1.73. The van der Waals surface area contributed by atoms with E-state index in [1.54, 1.807) is 13.2 Å². The zero-order chi connectivity index (χ0) is 18.7. The lowest BCUT2D eigenvalue weighted by molar-refractivity contribution is 0.143. The fraction of sp³-hybridized carbons (Fsp3) is 0.412. The molecule has 0 atom stereocenters. The second-order valence-electron chi connectivity index (χ2n) is 6.21. The van der Waals surface area contributed by atoms with Gasteiger partial charge in [-0.3, -0.25) is 9.69 Å². The standard InChI is InChI=1S/C17H22N4O4S/c1-25-15-5-3-14(4-6-15)16-7-8-17(22)21(18-16)13-19-9-11-20(12-10-19)26(2,23)24/h3-8H,9-13H2,1-2H3. The first kappa shape index (κ1) is 18.6. The summed E-state index contributed by atoms with van der Waals surface area (Å²) in [6.07, 6.45) is 1.22. The van der Waals surface area contributed by atoms with Crippen molar-refractivity contribution in [3.05, 3.63) is 46.8 Å². The molecule has 0 unspecified atom stereocenters. The van der Waals surface area contributed by atoms with Crippen molar-refractivity contribution in [2.24, 2.45) is 0 Å². The highest BCUT2D eigenvalue weighted by Crippen LogP contribution is 2.19. The average molecular weight is 378 g/mol. The normalized spacial score (nSPS) is 16.5. The van der Waals surface area contributed by atoms with Crippen molar-refractivity contribution in [1.82, 2.24) is 19.0 Å². The van der Waals surface area contributed by atoms with Crippen molar-refractivity contribution in [3.63, 3.8) is 0 Å². The van der Waals surface area contributed by atoms with Crippen LogP contribution in [0.5, 0.6) is 5.75 Å². The molecule has 0 radical (unpaired) electrons. The molecule has 2 heterocycles. The van der Waals surface area contributed by atoms with Crippen molar-refractivity contribution >= 4 is 10.0 Å². The molecule has 0 amide bonds. The van der Waals surface area contributed by atoms with E-state index >= 15 is 0 Å². The molecule has 9 heteroatoms. The van der Waals surface area contributed by atoms with Crippen molar-refractivity contribution in [1.29, 1.82) is 0 Å². The molecule has 0 N–H and O–H groups in total. The summed E-state index contributed by atoms with van der Waals surface area (Å²) >= 11 is 0. The maximum atomic E-state index is 12.1. The van der Waals surface area contributed by atoms with E-state index in [1.807, 2.05) is 29.2 Å². The van der Waals surface area contributed by atoms with Crippen LogP contribution < -0.4 is 10.3 Å². The van der Waals surface area contributed by atoms with Crippen LogP contribution in [-0.4, -0.2) is 66.9 Å². The summed E-state index contributed by atoms with van der Waals surface area (Å²) < 4.78 is 31.2. The number of sulfonamides is 1. The molecular formula is C17H22N4O4S. The minimum Gasteiger partial charge on any atom is -0.497 e. The summed E-state index contributed by atoms with van der Waals surface area (Å²) in [5.41, 5.74) is 1.40. The zero-order valence-corrected chi connectivity index (χ0v) is 15.6. The molecule has 3 rings (SSSR count). The van der Waals surface area contributed by atoms with E-state index in [-0.39, 0.29) is 5.56 Å². The number of rotatable bonds is 5. The second-order valence-corrected chi connectivity index (χ2v) is 8.19. The molecule has 0 bridgehead atoms. The minimum atomic E-state index is -3.17. The Bertz CT molecular complexity index is 917. The lowest BCUT2D eigenvalue weighted by Crippen LogP contribution is -2.49. The van der Waals surface area contributed by atoms with Gasteiger partial charge >= 0.3 is 0 Å². The maximum absolute atomic E-state index is 12.1. The third-order valence-corrected chi connectivity index (χ3v) is 5.69. The Morgan fingerprint density at radius 1 is 1.04 bits per heavy atom. The highest BCUT2D eigenvalue weighted by Gasteiger charge is 2.23.